The minimum atomic E-state index is -1.03. The summed E-state index contributed by atoms with van der Waals surface area (Å²) in [6.07, 6.45) is 5.88. The maximum atomic E-state index is 10.7. The van der Waals surface area contributed by atoms with Gasteiger partial charge in [-0.1, -0.05) is 0 Å². The molecule has 1 aliphatic carbocycles. The highest BCUT2D eigenvalue weighted by Gasteiger charge is 2.23. The Morgan fingerprint density at radius 1 is 1.39 bits per heavy atom. The van der Waals surface area contributed by atoms with Crippen molar-refractivity contribution in [3.63, 3.8) is 0 Å². The zero-order chi connectivity index (χ0) is 13.0. The van der Waals surface area contributed by atoms with Crippen molar-refractivity contribution in [2.75, 3.05) is 7.11 Å². The van der Waals surface area contributed by atoms with Gasteiger partial charge < -0.3 is 14.6 Å². The lowest BCUT2D eigenvalue weighted by atomic mass is 9.95. The highest BCUT2D eigenvalue weighted by atomic mass is 16.5. The molecule has 5 nitrogen and oxygen atoms in total. The molecule has 1 aliphatic rings. The third-order valence-electron chi connectivity index (χ3n) is 3.17. The quantitative estimate of drug-likeness (QED) is 0.887. The van der Waals surface area contributed by atoms with Crippen LogP contribution in [0.1, 0.15) is 36.2 Å². The van der Waals surface area contributed by atoms with Gasteiger partial charge >= 0.3 is 5.97 Å². The van der Waals surface area contributed by atoms with E-state index < -0.39 is 5.97 Å². The van der Waals surface area contributed by atoms with E-state index in [1.165, 1.54) is 12.3 Å². The zero-order valence-electron chi connectivity index (χ0n) is 10.3. The summed E-state index contributed by atoms with van der Waals surface area (Å²) in [5, 5.41) is 8.74. The average Bonchev–Trinajstić information content (AvgIpc) is 2.39. The Bertz CT molecular complexity index is 404. The molecule has 1 saturated carbocycles. The fourth-order valence-corrected chi connectivity index (χ4v) is 2.19. The molecule has 0 saturated heterocycles. The van der Waals surface area contributed by atoms with Gasteiger partial charge in [-0.2, -0.15) is 0 Å². The van der Waals surface area contributed by atoms with Crippen molar-refractivity contribution in [1.82, 2.24) is 4.98 Å². The summed E-state index contributed by atoms with van der Waals surface area (Å²) in [5.41, 5.74) is 0.0285. The van der Waals surface area contributed by atoms with Gasteiger partial charge in [-0.3, -0.25) is 0 Å². The summed E-state index contributed by atoms with van der Waals surface area (Å²) < 4.78 is 11.1. The van der Waals surface area contributed by atoms with Crippen molar-refractivity contribution in [2.45, 2.75) is 37.9 Å². The van der Waals surface area contributed by atoms with Crippen molar-refractivity contribution in [3.8, 4) is 5.75 Å². The molecule has 2 rings (SSSR count). The van der Waals surface area contributed by atoms with E-state index in [0.29, 0.717) is 5.75 Å². The highest BCUT2D eigenvalue weighted by Crippen LogP contribution is 2.24. The second-order valence-electron chi connectivity index (χ2n) is 4.45. The van der Waals surface area contributed by atoms with Gasteiger partial charge in [0.25, 0.3) is 0 Å². The van der Waals surface area contributed by atoms with Gasteiger partial charge in [0.1, 0.15) is 17.5 Å². The molecule has 0 aliphatic heterocycles. The number of methoxy groups -OCH3 is 1. The van der Waals surface area contributed by atoms with E-state index in [2.05, 4.69) is 4.98 Å². The Balaban J connectivity index is 1.94. The van der Waals surface area contributed by atoms with Crippen LogP contribution >= 0.6 is 0 Å². The molecule has 0 aromatic carbocycles. The molecular formula is C13H17NO4. The molecule has 1 fully saturated rings. The van der Waals surface area contributed by atoms with Gasteiger partial charge in [0, 0.05) is 13.5 Å². The summed E-state index contributed by atoms with van der Waals surface area (Å²) in [7, 11) is 1.72. The lowest BCUT2D eigenvalue weighted by Crippen LogP contribution is -2.29. The van der Waals surface area contributed by atoms with Crippen LogP contribution in [0.5, 0.6) is 5.75 Å². The van der Waals surface area contributed by atoms with E-state index in [4.69, 9.17) is 14.6 Å². The number of rotatable bonds is 4. The highest BCUT2D eigenvalue weighted by molar-refractivity contribution is 5.85. The molecule has 2 atom stereocenters. The van der Waals surface area contributed by atoms with Crippen molar-refractivity contribution in [1.29, 1.82) is 0 Å². The minimum absolute atomic E-state index is 0.0285. The van der Waals surface area contributed by atoms with Crippen LogP contribution in [0.25, 0.3) is 0 Å². The van der Waals surface area contributed by atoms with Crippen LogP contribution in [-0.4, -0.2) is 35.4 Å². The number of nitrogens with zero attached hydrogens (tertiary/aromatic N) is 1. The molecule has 0 amide bonds. The predicted molar refractivity (Wildman–Crippen MR) is 64.9 cm³/mol. The molecular weight excluding hydrogens is 234 g/mol. The van der Waals surface area contributed by atoms with Crippen molar-refractivity contribution in [2.24, 2.45) is 0 Å². The molecule has 0 spiro atoms. The number of ether oxygens (including phenoxy) is 2. The first kappa shape index (κ1) is 12.8. The predicted octanol–water partition coefficient (Wildman–Crippen LogP) is 2.12. The Morgan fingerprint density at radius 3 is 2.78 bits per heavy atom. The zero-order valence-corrected chi connectivity index (χ0v) is 10.3. The number of hydrogen-bond donors (Lipinski definition) is 1. The van der Waals surface area contributed by atoms with Crippen molar-refractivity contribution < 1.29 is 19.4 Å². The van der Waals surface area contributed by atoms with Gasteiger partial charge in [0.05, 0.1) is 12.3 Å². The Labute approximate surface area is 106 Å². The molecule has 1 aromatic rings. The van der Waals surface area contributed by atoms with Gasteiger partial charge in [-0.05, 0) is 31.4 Å². The number of carbonyl (C=O) groups is 1. The van der Waals surface area contributed by atoms with Crippen molar-refractivity contribution >= 4 is 5.97 Å². The third kappa shape index (κ3) is 3.20. The van der Waals surface area contributed by atoms with E-state index in [0.717, 1.165) is 25.7 Å². The first-order valence-corrected chi connectivity index (χ1v) is 6.08. The van der Waals surface area contributed by atoms with Gasteiger partial charge in [-0.25, -0.2) is 9.78 Å². The lowest BCUT2D eigenvalue weighted by Gasteiger charge is -2.28. The van der Waals surface area contributed by atoms with Gasteiger partial charge in [-0.15, -0.1) is 0 Å². The monoisotopic (exact) mass is 251 g/mol. The minimum Gasteiger partial charge on any atom is -0.489 e. The second kappa shape index (κ2) is 5.82. The fourth-order valence-electron chi connectivity index (χ4n) is 2.19. The SMILES string of the molecule is COC1CCCC(Oc2ccc(C(=O)O)nc2)C1. The summed E-state index contributed by atoms with van der Waals surface area (Å²) in [5.74, 6) is -0.416. The molecule has 2 unspecified atom stereocenters. The first-order chi connectivity index (χ1) is 8.69. The van der Waals surface area contributed by atoms with Gasteiger partial charge in [0.2, 0.25) is 0 Å². The number of pyridine rings is 1. The fraction of sp³-hybridized carbons (Fsp3) is 0.538. The van der Waals surface area contributed by atoms with Crippen LogP contribution in [0.2, 0.25) is 0 Å². The van der Waals surface area contributed by atoms with E-state index >= 15 is 0 Å². The smallest absolute Gasteiger partial charge is 0.354 e. The molecule has 1 N–H and O–H groups in total. The number of hydrogen-bond acceptors (Lipinski definition) is 4. The summed E-state index contributed by atoms with van der Waals surface area (Å²) in [4.78, 5) is 14.5. The van der Waals surface area contributed by atoms with Crippen LogP contribution < -0.4 is 4.74 Å². The third-order valence-corrected chi connectivity index (χ3v) is 3.17. The summed E-state index contributed by atoms with van der Waals surface area (Å²) >= 11 is 0. The number of aromatic carboxylic acids is 1. The Hall–Kier alpha value is -1.62. The molecule has 0 radical (unpaired) electrons. The summed E-state index contributed by atoms with van der Waals surface area (Å²) in [6.45, 7) is 0. The van der Waals surface area contributed by atoms with Crippen molar-refractivity contribution in [3.05, 3.63) is 24.0 Å². The standard InChI is InChI=1S/C13H17NO4/c1-17-9-3-2-4-10(7-9)18-11-5-6-12(13(15)16)14-8-11/h5-6,8-10H,2-4,7H2,1H3,(H,15,16). The number of carboxylic acid groups (broad SMARTS) is 1. The topological polar surface area (TPSA) is 68.7 Å². The number of carboxylic acids is 1. The van der Waals surface area contributed by atoms with E-state index in [9.17, 15) is 4.79 Å². The maximum Gasteiger partial charge on any atom is 0.354 e. The first-order valence-electron chi connectivity index (χ1n) is 6.08. The molecule has 18 heavy (non-hydrogen) atoms. The molecule has 1 heterocycles. The van der Waals surface area contributed by atoms with E-state index in [1.54, 1.807) is 13.2 Å². The van der Waals surface area contributed by atoms with E-state index in [-0.39, 0.29) is 17.9 Å². The largest absolute Gasteiger partial charge is 0.489 e. The van der Waals surface area contributed by atoms with E-state index in [1.807, 2.05) is 0 Å². The molecule has 1 aromatic heterocycles. The lowest BCUT2D eigenvalue weighted by molar-refractivity contribution is 0.0208. The second-order valence-corrected chi connectivity index (χ2v) is 4.45. The van der Waals surface area contributed by atoms with Crippen LogP contribution in [0.15, 0.2) is 18.3 Å². The summed E-state index contributed by atoms with van der Waals surface area (Å²) in [6, 6.07) is 3.10. The molecule has 0 bridgehead atoms. The van der Waals surface area contributed by atoms with Gasteiger partial charge in [0.15, 0.2) is 0 Å². The normalized spacial score (nSPS) is 23.6. The number of aromatic nitrogens is 1. The Kier molecular flexibility index (Phi) is 4.15. The average molecular weight is 251 g/mol. The molecule has 98 valence electrons. The molecule has 5 heteroatoms. The maximum absolute atomic E-state index is 10.7. The van der Waals surface area contributed by atoms with Crippen LogP contribution in [-0.2, 0) is 4.74 Å². The Morgan fingerprint density at radius 2 is 2.17 bits per heavy atom. The van der Waals surface area contributed by atoms with Crippen LogP contribution in [0.4, 0.5) is 0 Å². The van der Waals surface area contributed by atoms with Crippen LogP contribution in [0.3, 0.4) is 0 Å². The van der Waals surface area contributed by atoms with Crippen LogP contribution in [0, 0.1) is 0 Å².